The summed E-state index contributed by atoms with van der Waals surface area (Å²) in [5, 5.41) is 10.9. The van der Waals surface area contributed by atoms with Crippen molar-refractivity contribution in [2.24, 2.45) is 0 Å². The van der Waals surface area contributed by atoms with Crippen molar-refractivity contribution in [2.75, 3.05) is 12.0 Å². The first-order valence-corrected chi connectivity index (χ1v) is 8.86. The number of nitrogens with zero attached hydrogens (tertiary/aromatic N) is 1. The molecule has 1 atom stereocenters. The van der Waals surface area contributed by atoms with Gasteiger partial charge in [-0.3, -0.25) is 14.5 Å². The van der Waals surface area contributed by atoms with Gasteiger partial charge >= 0.3 is 0 Å². The zero-order valence-corrected chi connectivity index (χ0v) is 15.6. The monoisotopic (exact) mass is 411 g/mol. The molecule has 8 heteroatoms. The van der Waals surface area contributed by atoms with Gasteiger partial charge in [0.05, 0.1) is 24.6 Å². The molecule has 4 rings (SSSR count). The van der Waals surface area contributed by atoms with Gasteiger partial charge in [-0.1, -0.05) is 0 Å². The zero-order chi connectivity index (χ0) is 21.4. The number of ketones is 1. The first-order chi connectivity index (χ1) is 14.4. The summed E-state index contributed by atoms with van der Waals surface area (Å²) in [5.74, 6) is -3.70. The van der Waals surface area contributed by atoms with Crippen molar-refractivity contribution >= 4 is 23.1 Å². The van der Waals surface area contributed by atoms with E-state index in [4.69, 9.17) is 9.15 Å². The van der Waals surface area contributed by atoms with Crippen LogP contribution in [-0.4, -0.2) is 23.9 Å². The highest BCUT2D eigenvalue weighted by Crippen LogP contribution is 2.43. The summed E-state index contributed by atoms with van der Waals surface area (Å²) in [4.78, 5) is 26.4. The third-order valence-electron chi connectivity index (χ3n) is 4.79. The predicted octanol–water partition coefficient (Wildman–Crippen LogP) is 4.19. The highest BCUT2D eigenvalue weighted by atomic mass is 19.1. The Balaban J connectivity index is 1.92. The molecule has 1 unspecified atom stereocenters. The minimum absolute atomic E-state index is 0.105. The van der Waals surface area contributed by atoms with Gasteiger partial charge in [-0.05, 0) is 48.5 Å². The summed E-state index contributed by atoms with van der Waals surface area (Å²) >= 11 is 0. The van der Waals surface area contributed by atoms with E-state index in [9.17, 15) is 23.5 Å². The van der Waals surface area contributed by atoms with E-state index < -0.39 is 40.8 Å². The number of hydrogen-bond donors (Lipinski definition) is 1. The molecule has 1 N–H and O–H groups in total. The largest absolute Gasteiger partial charge is 0.507 e. The molecule has 30 heavy (non-hydrogen) atoms. The molecule has 6 nitrogen and oxygen atoms in total. The first-order valence-electron chi connectivity index (χ1n) is 8.86. The van der Waals surface area contributed by atoms with Crippen molar-refractivity contribution in [3.63, 3.8) is 0 Å². The maximum absolute atomic E-state index is 14.5. The highest BCUT2D eigenvalue weighted by molar-refractivity contribution is 6.51. The average Bonchev–Trinajstić information content (AvgIpc) is 3.37. The number of Topliss-reactive ketones (excluding diaryl/α,β-unsaturated/α-hetero) is 1. The van der Waals surface area contributed by atoms with Crippen LogP contribution < -0.4 is 9.64 Å². The molecular formula is C22H15F2NO5. The minimum atomic E-state index is -1.28. The third-order valence-corrected chi connectivity index (χ3v) is 4.79. The van der Waals surface area contributed by atoms with Crippen LogP contribution in [0.15, 0.2) is 70.9 Å². The van der Waals surface area contributed by atoms with Crippen LogP contribution in [0.1, 0.15) is 17.4 Å². The van der Waals surface area contributed by atoms with Gasteiger partial charge in [0, 0.05) is 11.6 Å². The Hall–Kier alpha value is -3.94. The maximum Gasteiger partial charge on any atom is 0.300 e. The molecular weight excluding hydrogens is 396 g/mol. The van der Waals surface area contributed by atoms with Crippen molar-refractivity contribution in [2.45, 2.75) is 6.04 Å². The normalized spacial score (nSPS) is 18.1. The first kappa shape index (κ1) is 19.4. The van der Waals surface area contributed by atoms with E-state index in [2.05, 4.69) is 0 Å². The fraction of sp³-hybridized carbons (Fsp3) is 0.0909. The number of carbonyl (C=O) groups is 2. The van der Waals surface area contributed by atoms with Gasteiger partial charge in [0.15, 0.2) is 0 Å². The van der Waals surface area contributed by atoms with Gasteiger partial charge in [-0.15, -0.1) is 0 Å². The molecule has 1 aromatic heterocycles. The molecule has 1 aliphatic rings. The summed E-state index contributed by atoms with van der Waals surface area (Å²) in [6, 6.07) is 10.4. The number of aliphatic hydroxyl groups excluding tert-OH is 1. The topological polar surface area (TPSA) is 80.0 Å². The number of halogens is 2. The second-order valence-corrected chi connectivity index (χ2v) is 6.51. The molecule has 2 heterocycles. The number of ether oxygens (including phenoxy) is 1. The lowest BCUT2D eigenvalue weighted by Crippen LogP contribution is -2.30. The molecule has 152 valence electrons. The van der Waals surface area contributed by atoms with Crippen molar-refractivity contribution in [3.05, 3.63) is 89.4 Å². The van der Waals surface area contributed by atoms with Crippen LogP contribution >= 0.6 is 0 Å². The second-order valence-electron chi connectivity index (χ2n) is 6.51. The van der Waals surface area contributed by atoms with Gasteiger partial charge in [-0.2, -0.15) is 0 Å². The molecule has 2 aromatic carbocycles. The Morgan fingerprint density at radius 1 is 1.10 bits per heavy atom. The van der Waals surface area contributed by atoms with E-state index in [1.807, 2.05) is 0 Å². The van der Waals surface area contributed by atoms with E-state index in [1.54, 1.807) is 12.1 Å². The summed E-state index contributed by atoms with van der Waals surface area (Å²) in [5.41, 5.74) is -0.499. The second kappa shape index (κ2) is 7.47. The van der Waals surface area contributed by atoms with Crippen molar-refractivity contribution < 1.29 is 32.6 Å². The molecule has 1 fully saturated rings. The smallest absolute Gasteiger partial charge is 0.300 e. The highest BCUT2D eigenvalue weighted by Gasteiger charge is 2.49. The lowest BCUT2D eigenvalue weighted by Gasteiger charge is -2.23. The number of anilines is 1. The lowest BCUT2D eigenvalue weighted by molar-refractivity contribution is -0.132. The average molecular weight is 411 g/mol. The van der Waals surface area contributed by atoms with Gasteiger partial charge in [-0.25, -0.2) is 8.78 Å². The number of amides is 1. The quantitative estimate of drug-likeness (QED) is 0.396. The van der Waals surface area contributed by atoms with Gasteiger partial charge in [0.2, 0.25) is 0 Å². The van der Waals surface area contributed by atoms with E-state index in [0.29, 0.717) is 5.75 Å². The molecule has 0 bridgehead atoms. The number of hydrogen-bond acceptors (Lipinski definition) is 5. The van der Waals surface area contributed by atoms with Crippen LogP contribution in [-0.2, 0) is 9.59 Å². The maximum atomic E-state index is 14.5. The number of rotatable bonds is 4. The van der Waals surface area contributed by atoms with Crippen LogP contribution in [0, 0.1) is 11.6 Å². The molecule has 0 aliphatic carbocycles. The number of benzene rings is 2. The van der Waals surface area contributed by atoms with Crippen molar-refractivity contribution in [3.8, 4) is 5.75 Å². The molecule has 0 spiro atoms. The number of aliphatic hydroxyl groups is 1. The number of methoxy groups -OCH3 is 1. The molecule has 1 amide bonds. The van der Waals surface area contributed by atoms with Crippen molar-refractivity contribution in [1.29, 1.82) is 0 Å². The Morgan fingerprint density at radius 2 is 1.83 bits per heavy atom. The fourth-order valence-corrected chi connectivity index (χ4v) is 3.37. The van der Waals surface area contributed by atoms with Crippen molar-refractivity contribution in [1.82, 2.24) is 0 Å². The van der Waals surface area contributed by atoms with Crippen LogP contribution in [0.2, 0.25) is 0 Å². The number of furan rings is 1. The van der Waals surface area contributed by atoms with Crippen LogP contribution in [0.3, 0.4) is 0 Å². The Morgan fingerprint density at radius 3 is 2.47 bits per heavy atom. The van der Waals surface area contributed by atoms with E-state index in [1.165, 1.54) is 37.6 Å². The Bertz CT molecular complexity index is 1150. The van der Waals surface area contributed by atoms with Crippen LogP contribution in [0.5, 0.6) is 5.75 Å². The standard InChI is InChI=1S/C22H15F2NO5/c1-29-14-7-4-12(5-8-14)20(26)18-19(17-3-2-10-30-17)25(22(28)21(18)27)16-11-13(23)6-9-15(16)24/h2-11,19,26H,1H3/b20-18-. The molecule has 0 saturated carbocycles. The molecule has 1 aliphatic heterocycles. The van der Waals surface area contributed by atoms with Crippen LogP contribution in [0.4, 0.5) is 14.5 Å². The zero-order valence-electron chi connectivity index (χ0n) is 15.6. The minimum Gasteiger partial charge on any atom is -0.507 e. The summed E-state index contributed by atoms with van der Waals surface area (Å²) in [7, 11) is 1.48. The summed E-state index contributed by atoms with van der Waals surface area (Å²) < 4.78 is 38.7. The molecule has 0 radical (unpaired) electrons. The fourth-order valence-electron chi connectivity index (χ4n) is 3.37. The summed E-state index contributed by atoms with van der Waals surface area (Å²) in [6.45, 7) is 0. The Kier molecular flexibility index (Phi) is 4.83. The lowest BCUT2D eigenvalue weighted by atomic mass is 9.99. The van der Waals surface area contributed by atoms with E-state index >= 15 is 0 Å². The van der Waals surface area contributed by atoms with Gasteiger partial charge in [0.25, 0.3) is 11.7 Å². The molecule has 3 aromatic rings. The Labute approximate surface area is 169 Å². The predicted molar refractivity (Wildman–Crippen MR) is 103 cm³/mol. The SMILES string of the molecule is COc1ccc(/C(O)=C2/C(=O)C(=O)N(c3cc(F)ccc3F)C2c2ccco2)cc1. The van der Waals surface area contributed by atoms with Gasteiger partial charge < -0.3 is 14.3 Å². The third kappa shape index (κ3) is 3.12. The van der Waals surface area contributed by atoms with Crippen LogP contribution in [0.25, 0.3) is 5.76 Å². The van der Waals surface area contributed by atoms with Gasteiger partial charge in [0.1, 0.15) is 34.9 Å². The van der Waals surface area contributed by atoms with E-state index in [0.717, 1.165) is 23.1 Å². The molecule has 1 saturated heterocycles. The number of carbonyl (C=O) groups excluding carboxylic acids is 2. The van der Waals surface area contributed by atoms with E-state index in [-0.39, 0.29) is 16.9 Å². The summed E-state index contributed by atoms with van der Waals surface area (Å²) in [6.07, 6.45) is 1.31.